The predicted octanol–water partition coefficient (Wildman–Crippen LogP) is 7.00. The highest BCUT2D eigenvalue weighted by atomic mass is 35.5. The van der Waals surface area contributed by atoms with Crippen LogP contribution < -0.4 is 24.8 Å². The van der Waals surface area contributed by atoms with E-state index >= 15 is 0 Å². The SMILES string of the molecule is COc1cc(C2CC(=O)C3=C(C2)Nc2ccccc2NC3c2ccc(Cl)cc2Cl)cc(OC)c1OC. The molecule has 2 N–H and O–H groups in total. The maximum atomic E-state index is 13.8. The summed E-state index contributed by atoms with van der Waals surface area (Å²) in [6, 6.07) is 16.7. The summed E-state index contributed by atoms with van der Waals surface area (Å²) in [4.78, 5) is 13.8. The van der Waals surface area contributed by atoms with Crippen LogP contribution in [0.5, 0.6) is 17.2 Å². The Morgan fingerprint density at radius 2 is 1.56 bits per heavy atom. The third-order valence-corrected chi connectivity index (χ3v) is 7.30. The van der Waals surface area contributed by atoms with Gasteiger partial charge in [0.15, 0.2) is 17.3 Å². The number of ketones is 1. The van der Waals surface area contributed by atoms with E-state index in [0.717, 1.165) is 28.2 Å². The van der Waals surface area contributed by atoms with Crippen LogP contribution >= 0.6 is 23.2 Å². The third kappa shape index (κ3) is 4.36. The Bertz CT molecular complexity index is 1350. The van der Waals surface area contributed by atoms with Gasteiger partial charge in [0.1, 0.15) is 0 Å². The zero-order valence-electron chi connectivity index (χ0n) is 20.2. The van der Waals surface area contributed by atoms with Crippen molar-refractivity contribution < 1.29 is 19.0 Å². The molecule has 0 aromatic heterocycles. The van der Waals surface area contributed by atoms with Gasteiger partial charge in [-0.2, -0.15) is 0 Å². The molecule has 0 fully saturated rings. The molecule has 36 heavy (non-hydrogen) atoms. The minimum Gasteiger partial charge on any atom is -0.493 e. The van der Waals surface area contributed by atoms with Crippen molar-refractivity contribution in [2.75, 3.05) is 32.0 Å². The summed E-state index contributed by atoms with van der Waals surface area (Å²) in [5.74, 6) is 1.60. The van der Waals surface area contributed by atoms with Gasteiger partial charge in [-0.1, -0.05) is 41.4 Å². The first-order chi connectivity index (χ1) is 17.4. The van der Waals surface area contributed by atoms with Crippen molar-refractivity contribution in [2.45, 2.75) is 24.8 Å². The van der Waals surface area contributed by atoms with E-state index < -0.39 is 6.04 Å². The molecule has 1 aliphatic heterocycles. The second-order valence-electron chi connectivity index (χ2n) is 8.79. The van der Waals surface area contributed by atoms with Crippen LogP contribution in [0.15, 0.2) is 65.9 Å². The van der Waals surface area contributed by atoms with Gasteiger partial charge in [-0.15, -0.1) is 0 Å². The Hall–Kier alpha value is -3.35. The second kappa shape index (κ2) is 9.96. The first-order valence-electron chi connectivity index (χ1n) is 11.6. The Labute approximate surface area is 220 Å². The van der Waals surface area contributed by atoms with Crippen molar-refractivity contribution in [3.05, 3.63) is 87.0 Å². The number of para-hydroxylation sites is 2. The number of ether oxygens (including phenoxy) is 3. The summed E-state index contributed by atoms with van der Waals surface area (Å²) in [7, 11) is 4.75. The average Bonchev–Trinajstić information content (AvgIpc) is 3.04. The molecule has 6 nitrogen and oxygen atoms in total. The van der Waals surface area contributed by atoms with Gasteiger partial charge in [0.2, 0.25) is 5.75 Å². The molecule has 0 amide bonds. The Morgan fingerprint density at radius 1 is 0.861 bits per heavy atom. The Kier molecular flexibility index (Phi) is 6.73. The normalized spacial score (nSPS) is 18.9. The molecule has 1 heterocycles. The summed E-state index contributed by atoms with van der Waals surface area (Å²) in [6.07, 6.45) is 0.955. The summed E-state index contributed by atoms with van der Waals surface area (Å²) >= 11 is 12.8. The highest BCUT2D eigenvalue weighted by Crippen LogP contribution is 2.48. The molecule has 1 aliphatic carbocycles. The smallest absolute Gasteiger partial charge is 0.203 e. The molecule has 186 valence electrons. The van der Waals surface area contributed by atoms with Gasteiger partial charge in [-0.25, -0.2) is 0 Å². The van der Waals surface area contributed by atoms with Crippen LogP contribution in [-0.2, 0) is 4.79 Å². The minimum atomic E-state index is -0.422. The maximum Gasteiger partial charge on any atom is 0.203 e. The third-order valence-electron chi connectivity index (χ3n) is 6.74. The number of Topliss-reactive ketones (excluding diaryl/α,β-unsaturated/α-hetero) is 1. The molecule has 0 saturated carbocycles. The zero-order chi connectivity index (χ0) is 25.4. The molecule has 2 unspecified atom stereocenters. The summed E-state index contributed by atoms with van der Waals surface area (Å²) in [6.45, 7) is 0. The average molecular weight is 525 g/mol. The number of rotatable bonds is 5. The molecule has 0 radical (unpaired) electrons. The number of allylic oxidation sites excluding steroid dienone is 1. The van der Waals surface area contributed by atoms with E-state index in [0.29, 0.717) is 45.7 Å². The second-order valence-corrected chi connectivity index (χ2v) is 9.64. The number of methoxy groups -OCH3 is 3. The quantitative estimate of drug-likeness (QED) is 0.374. The number of hydrogen-bond donors (Lipinski definition) is 2. The molecule has 2 atom stereocenters. The largest absolute Gasteiger partial charge is 0.493 e. The number of halogens is 2. The van der Waals surface area contributed by atoms with Crippen LogP contribution in [0.25, 0.3) is 0 Å². The predicted molar refractivity (Wildman–Crippen MR) is 143 cm³/mol. The fourth-order valence-corrected chi connectivity index (χ4v) is 5.55. The van der Waals surface area contributed by atoms with Crippen LogP contribution in [0.2, 0.25) is 10.0 Å². The lowest BCUT2D eigenvalue weighted by atomic mass is 9.78. The molecule has 3 aromatic rings. The van der Waals surface area contributed by atoms with Gasteiger partial charge in [0, 0.05) is 27.7 Å². The summed E-state index contributed by atoms with van der Waals surface area (Å²) in [5, 5.41) is 8.14. The first kappa shape index (κ1) is 24.3. The van der Waals surface area contributed by atoms with Gasteiger partial charge in [0.05, 0.1) is 38.7 Å². The van der Waals surface area contributed by atoms with E-state index in [1.54, 1.807) is 33.5 Å². The van der Waals surface area contributed by atoms with Crippen molar-refractivity contribution >= 4 is 40.4 Å². The zero-order valence-corrected chi connectivity index (χ0v) is 21.7. The van der Waals surface area contributed by atoms with E-state index in [1.807, 2.05) is 42.5 Å². The van der Waals surface area contributed by atoms with Crippen molar-refractivity contribution in [3.63, 3.8) is 0 Å². The maximum absolute atomic E-state index is 13.8. The molecule has 8 heteroatoms. The standard InChI is InChI=1S/C28H26Cl2N2O4/c1-34-24-12-16(13-25(35-2)28(24)36-3)15-10-22-26(23(33)11-15)27(18-9-8-17(29)14-19(18)30)32-21-7-5-4-6-20(21)31-22/h4-9,12-15,27,31-32H,10-11H2,1-3H3. The van der Waals surface area contributed by atoms with E-state index in [-0.39, 0.29) is 11.7 Å². The molecule has 5 rings (SSSR count). The van der Waals surface area contributed by atoms with Gasteiger partial charge in [0.25, 0.3) is 0 Å². The number of carbonyl (C=O) groups excluding carboxylic acids is 1. The molecule has 3 aromatic carbocycles. The lowest BCUT2D eigenvalue weighted by Gasteiger charge is -2.30. The lowest BCUT2D eigenvalue weighted by Crippen LogP contribution is -2.27. The number of benzene rings is 3. The van der Waals surface area contributed by atoms with Crippen LogP contribution in [0.1, 0.15) is 35.9 Å². The van der Waals surface area contributed by atoms with Gasteiger partial charge >= 0.3 is 0 Å². The highest BCUT2D eigenvalue weighted by Gasteiger charge is 2.37. The molecule has 0 saturated heterocycles. The van der Waals surface area contributed by atoms with Crippen molar-refractivity contribution in [1.29, 1.82) is 0 Å². The molecule has 0 bridgehead atoms. The topological polar surface area (TPSA) is 68.8 Å². The van der Waals surface area contributed by atoms with Gasteiger partial charge < -0.3 is 24.8 Å². The molecular formula is C28H26Cl2N2O4. The summed E-state index contributed by atoms with van der Waals surface area (Å²) in [5.41, 5.74) is 5.07. The monoisotopic (exact) mass is 524 g/mol. The Balaban J connectivity index is 1.61. The minimum absolute atomic E-state index is 0.0406. The first-order valence-corrected chi connectivity index (χ1v) is 12.3. The number of nitrogens with one attached hydrogen (secondary N) is 2. The van der Waals surface area contributed by atoms with Gasteiger partial charge in [-0.3, -0.25) is 4.79 Å². The number of anilines is 2. The fraction of sp³-hybridized carbons (Fsp3) is 0.250. The fourth-order valence-electron chi connectivity index (χ4n) is 5.03. The van der Waals surface area contributed by atoms with Crippen LogP contribution in [0.3, 0.4) is 0 Å². The summed E-state index contributed by atoms with van der Waals surface area (Å²) < 4.78 is 16.6. The number of hydrogen-bond acceptors (Lipinski definition) is 6. The van der Waals surface area contributed by atoms with E-state index in [4.69, 9.17) is 37.4 Å². The molecular weight excluding hydrogens is 499 g/mol. The van der Waals surface area contributed by atoms with Crippen molar-refractivity contribution in [3.8, 4) is 17.2 Å². The van der Waals surface area contributed by atoms with Crippen LogP contribution in [0.4, 0.5) is 11.4 Å². The highest BCUT2D eigenvalue weighted by molar-refractivity contribution is 6.35. The molecule has 0 spiro atoms. The van der Waals surface area contributed by atoms with E-state index in [2.05, 4.69) is 10.6 Å². The van der Waals surface area contributed by atoms with E-state index in [1.165, 1.54) is 0 Å². The van der Waals surface area contributed by atoms with Crippen molar-refractivity contribution in [2.24, 2.45) is 0 Å². The number of fused-ring (bicyclic) bond motifs is 1. The van der Waals surface area contributed by atoms with Crippen LogP contribution in [-0.4, -0.2) is 27.1 Å². The Morgan fingerprint density at radius 3 is 2.19 bits per heavy atom. The van der Waals surface area contributed by atoms with E-state index in [9.17, 15) is 4.79 Å². The number of carbonyl (C=O) groups is 1. The molecule has 2 aliphatic rings. The lowest BCUT2D eigenvalue weighted by molar-refractivity contribution is -0.116. The van der Waals surface area contributed by atoms with Crippen molar-refractivity contribution in [1.82, 2.24) is 0 Å². The van der Waals surface area contributed by atoms with Gasteiger partial charge in [-0.05, 0) is 59.9 Å². The van der Waals surface area contributed by atoms with Crippen LogP contribution in [0, 0.1) is 0 Å².